The number of rotatable bonds is 7. The zero-order valence-electron chi connectivity index (χ0n) is 15.3. The molecule has 0 unspecified atom stereocenters. The van der Waals surface area contributed by atoms with Gasteiger partial charge in [-0.15, -0.1) is 0 Å². The lowest BCUT2D eigenvalue weighted by Gasteiger charge is -2.18. The molecular weight excluding hydrogens is 324 g/mol. The van der Waals surface area contributed by atoms with Crippen LogP contribution in [0.3, 0.4) is 0 Å². The van der Waals surface area contributed by atoms with Crippen molar-refractivity contribution >= 4 is 6.47 Å². The molecule has 8 nitrogen and oxygen atoms in total. The molecule has 1 N–H and O–H groups in total. The molecule has 0 saturated carbocycles. The maximum atomic E-state index is 8.36. The maximum absolute atomic E-state index is 8.36. The number of ether oxygens (including phenoxy) is 2. The SMILES string of the molecule is COc1ccnc(CN(C)Cc2cnn(C(C)C)c2)c1OC.O=CO. The van der Waals surface area contributed by atoms with Crippen LogP contribution in [0, 0.1) is 0 Å². The van der Waals surface area contributed by atoms with Crippen molar-refractivity contribution in [3.8, 4) is 11.5 Å². The van der Waals surface area contributed by atoms with Gasteiger partial charge in [-0.25, -0.2) is 0 Å². The van der Waals surface area contributed by atoms with Gasteiger partial charge in [-0.05, 0) is 20.9 Å². The minimum Gasteiger partial charge on any atom is -0.493 e. The molecule has 0 radical (unpaired) electrons. The highest BCUT2D eigenvalue weighted by Crippen LogP contribution is 2.29. The molecule has 25 heavy (non-hydrogen) atoms. The highest BCUT2D eigenvalue weighted by Gasteiger charge is 2.13. The highest BCUT2D eigenvalue weighted by atomic mass is 16.5. The van der Waals surface area contributed by atoms with Crippen LogP contribution in [0.1, 0.15) is 31.1 Å². The predicted molar refractivity (Wildman–Crippen MR) is 93.8 cm³/mol. The molecule has 2 heterocycles. The molecule has 0 atom stereocenters. The van der Waals surface area contributed by atoms with Gasteiger partial charge < -0.3 is 14.6 Å². The molecule has 0 saturated heterocycles. The molecule has 0 spiro atoms. The lowest BCUT2D eigenvalue weighted by atomic mass is 10.2. The molecule has 0 aliphatic carbocycles. The number of pyridine rings is 1. The third kappa shape index (κ3) is 6.07. The summed E-state index contributed by atoms with van der Waals surface area (Å²) in [6, 6.07) is 2.17. The van der Waals surface area contributed by atoms with Crippen LogP contribution >= 0.6 is 0 Å². The summed E-state index contributed by atoms with van der Waals surface area (Å²) in [4.78, 5) is 14.9. The first-order valence-corrected chi connectivity index (χ1v) is 7.82. The second kappa shape index (κ2) is 10.3. The van der Waals surface area contributed by atoms with Crippen LogP contribution in [0.25, 0.3) is 0 Å². The zero-order chi connectivity index (χ0) is 18.8. The van der Waals surface area contributed by atoms with Crippen molar-refractivity contribution in [2.75, 3.05) is 21.3 Å². The van der Waals surface area contributed by atoms with E-state index in [0.29, 0.717) is 24.1 Å². The average Bonchev–Trinajstić information content (AvgIpc) is 3.04. The van der Waals surface area contributed by atoms with E-state index in [9.17, 15) is 0 Å². The molecule has 2 aromatic heterocycles. The largest absolute Gasteiger partial charge is 0.493 e. The first-order valence-electron chi connectivity index (χ1n) is 7.82. The smallest absolute Gasteiger partial charge is 0.290 e. The van der Waals surface area contributed by atoms with Gasteiger partial charge >= 0.3 is 0 Å². The third-order valence-corrected chi connectivity index (χ3v) is 3.42. The molecule has 0 bridgehead atoms. The topological polar surface area (TPSA) is 89.7 Å². The van der Waals surface area contributed by atoms with E-state index in [1.165, 1.54) is 5.56 Å². The molecule has 0 aliphatic rings. The standard InChI is InChI=1S/C16H24N4O2.CH2O2/c1-12(2)20-10-13(8-18-20)9-19(3)11-14-16(22-5)15(21-4)6-7-17-14;2-1-3/h6-8,10,12H,9,11H2,1-5H3;1H,(H,2,3). The Balaban J connectivity index is 0.000000970. The van der Waals surface area contributed by atoms with Gasteiger partial charge in [0.05, 0.1) is 20.4 Å². The van der Waals surface area contributed by atoms with Crippen molar-refractivity contribution in [2.24, 2.45) is 0 Å². The van der Waals surface area contributed by atoms with Crippen molar-refractivity contribution in [1.29, 1.82) is 0 Å². The molecule has 0 aliphatic heterocycles. The Morgan fingerprint density at radius 2 is 2.00 bits per heavy atom. The average molecular weight is 350 g/mol. The van der Waals surface area contributed by atoms with Gasteiger partial charge in [0.25, 0.3) is 6.47 Å². The third-order valence-electron chi connectivity index (χ3n) is 3.42. The van der Waals surface area contributed by atoms with Crippen molar-refractivity contribution in [1.82, 2.24) is 19.7 Å². The number of hydrogen-bond donors (Lipinski definition) is 1. The number of carboxylic acid groups (broad SMARTS) is 1. The molecule has 0 fully saturated rings. The number of hydrogen-bond acceptors (Lipinski definition) is 6. The van der Waals surface area contributed by atoms with E-state index < -0.39 is 0 Å². The zero-order valence-corrected chi connectivity index (χ0v) is 15.3. The van der Waals surface area contributed by atoms with Gasteiger partial charge in [0.1, 0.15) is 5.69 Å². The van der Waals surface area contributed by atoms with Gasteiger partial charge in [-0.1, -0.05) is 0 Å². The van der Waals surface area contributed by atoms with E-state index in [1.807, 2.05) is 17.9 Å². The monoisotopic (exact) mass is 350 g/mol. The molecule has 2 rings (SSSR count). The first-order chi connectivity index (χ1) is 12.0. The second-order valence-electron chi connectivity index (χ2n) is 5.69. The van der Waals surface area contributed by atoms with Crippen LogP contribution in [0.15, 0.2) is 24.7 Å². The van der Waals surface area contributed by atoms with Crippen LogP contribution in [0.2, 0.25) is 0 Å². The Hall–Kier alpha value is -2.61. The van der Waals surface area contributed by atoms with Crippen LogP contribution in [0.4, 0.5) is 0 Å². The van der Waals surface area contributed by atoms with E-state index in [4.69, 9.17) is 19.4 Å². The summed E-state index contributed by atoms with van der Waals surface area (Å²) in [5.41, 5.74) is 2.04. The van der Waals surface area contributed by atoms with Crippen LogP contribution in [0.5, 0.6) is 11.5 Å². The van der Waals surface area contributed by atoms with Gasteiger partial charge in [0.15, 0.2) is 11.5 Å². The highest BCUT2D eigenvalue weighted by molar-refractivity contribution is 5.42. The lowest BCUT2D eigenvalue weighted by Crippen LogP contribution is -2.18. The molecule has 2 aromatic rings. The summed E-state index contributed by atoms with van der Waals surface area (Å²) < 4.78 is 12.7. The fourth-order valence-corrected chi connectivity index (χ4v) is 2.33. The Bertz CT molecular complexity index is 658. The molecule has 8 heteroatoms. The van der Waals surface area contributed by atoms with Gasteiger partial charge in [-0.3, -0.25) is 19.4 Å². The summed E-state index contributed by atoms with van der Waals surface area (Å²) in [5.74, 6) is 1.39. The Labute approximate surface area is 148 Å². The minimum atomic E-state index is -0.250. The fourth-order valence-electron chi connectivity index (χ4n) is 2.33. The van der Waals surface area contributed by atoms with Crippen LogP contribution in [-0.4, -0.2) is 52.5 Å². The Morgan fingerprint density at radius 3 is 2.52 bits per heavy atom. The van der Waals surface area contributed by atoms with Gasteiger partial charge in [0.2, 0.25) is 0 Å². The van der Waals surface area contributed by atoms with Crippen molar-refractivity contribution in [3.05, 3.63) is 35.9 Å². The molecule has 0 aromatic carbocycles. The van der Waals surface area contributed by atoms with E-state index >= 15 is 0 Å². The quantitative estimate of drug-likeness (QED) is 0.766. The van der Waals surface area contributed by atoms with E-state index in [-0.39, 0.29) is 6.47 Å². The summed E-state index contributed by atoms with van der Waals surface area (Å²) >= 11 is 0. The van der Waals surface area contributed by atoms with Gasteiger partial charge in [0, 0.05) is 43.2 Å². The van der Waals surface area contributed by atoms with E-state index in [0.717, 1.165) is 12.2 Å². The summed E-state index contributed by atoms with van der Waals surface area (Å²) in [6.07, 6.45) is 5.73. The number of carbonyl (C=O) groups is 1. The summed E-state index contributed by atoms with van der Waals surface area (Å²) in [6.45, 7) is 5.46. The first kappa shape index (κ1) is 20.4. The predicted octanol–water partition coefficient (Wildman–Crippen LogP) is 2.21. The number of nitrogens with zero attached hydrogens (tertiary/aromatic N) is 4. The lowest BCUT2D eigenvalue weighted by molar-refractivity contribution is -0.122. The van der Waals surface area contributed by atoms with Crippen LogP contribution in [-0.2, 0) is 17.9 Å². The number of aromatic nitrogens is 3. The summed E-state index contributed by atoms with van der Waals surface area (Å²) in [7, 11) is 5.31. The molecule has 138 valence electrons. The Kier molecular flexibility index (Phi) is 8.42. The van der Waals surface area contributed by atoms with Gasteiger partial charge in [-0.2, -0.15) is 5.10 Å². The molecular formula is C17H26N4O4. The van der Waals surface area contributed by atoms with Crippen molar-refractivity contribution < 1.29 is 19.4 Å². The van der Waals surface area contributed by atoms with E-state index in [1.54, 1.807) is 26.5 Å². The second-order valence-corrected chi connectivity index (χ2v) is 5.69. The molecule has 0 amide bonds. The maximum Gasteiger partial charge on any atom is 0.290 e. The van der Waals surface area contributed by atoms with E-state index in [2.05, 4.69) is 35.0 Å². The normalized spacial score (nSPS) is 10.4. The van der Waals surface area contributed by atoms with Crippen molar-refractivity contribution in [3.63, 3.8) is 0 Å². The minimum absolute atomic E-state index is 0.250. The summed E-state index contributed by atoms with van der Waals surface area (Å²) in [5, 5.41) is 11.3. The van der Waals surface area contributed by atoms with Crippen molar-refractivity contribution in [2.45, 2.75) is 33.0 Å². The Morgan fingerprint density at radius 1 is 1.32 bits per heavy atom. The number of methoxy groups -OCH3 is 2. The fraction of sp³-hybridized carbons (Fsp3) is 0.471. The van der Waals surface area contributed by atoms with Crippen LogP contribution < -0.4 is 9.47 Å².